The van der Waals surface area contributed by atoms with Crippen molar-refractivity contribution in [1.29, 1.82) is 5.26 Å². The van der Waals surface area contributed by atoms with E-state index in [1.807, 2.05) is 6.07 Å². The summed E-state index contributed by atoms with van der Waals surface area (Å²) in [5.41, 5.74) is 0.593. The van der Waals surface area contributed by atoms with Crippen molar-refractivity contribution in [3.05, 3.63) is 35.4 Å². The minimum Gasteiger partial charge on any atom is -0.480 e. The van der Waals surface area contributed by atoms with Crippen molar-refractivity contribution in [2.75, 3.05) is 26.8 Å². The molecule has 0 aromatic heterocycles. The van der Waals surface area contributed by atoms with Crippen molar-refractivity contribution in [2.45, 2.75) is 5.75 Å². The summed E-state index contributed by atoms with van der Waals surface area (Å²) in [7, 11) is -2.45. The van der Waals surface area contributed by atoms with Gasteiger partial charge in [-0.2, -0.15) is 9.57 Å². The lowest BCUT2D eigenvalue weighted by atomic mass is 10.1. The Hall–Kier alpha value is -1.95. The van der Waals surface area contributed by atoms with Crippen molar-refractivity contribution in [1.82, 2.24) is 4.31 Å². The van der Waals surface area contributed by atoms with Crippen LogP contribution in [0.4, 0.5) is 0 Å². The third kappa shape index (κ3) is 5.15. The lowest BCUT2D eigenvalue weighted by molar-refractivity contribution is -0.137. The first-order chi connectivity index (χ1) is 9.90. The summed E-state index contributed by atoms with van der Waals surface area (Å²) >= 11 is 0. The molecular weight excluding hydrogens is 296 g/mol. The monoisotopic (exact) mass is 312 g/mol. The molecule has 1 rings (SSSR count). The summed E-state index contributed by atoms with van der Waals surface area (Å²) in [5, 5.41) is 17.8. The second kappa shape index (κ2) is 7.73. The smallest absolute Gasteiger partial charge is 0.318 e. The van der Waals surface area contributed by atoms with Gasteiger partial charge in [0.2, 0.25) is 10.0 Å². The van der Waals surface area contributed by atoms with E-state index in [0.717, 1.165) is 4.31 Å². The van der Waals surface area contributed by atoms with Gasteiger partial charge in [-0.15, -0.1) is 0 Å². The van der Waals surface area contributed by atoms with Gasteiger partial charge in [0.15, 0.2) is 0 Å². The SMILES string of the molecule is COCCN(CC(=O)O)S(=O)(=O)Cc1ccccc1C#N. The number of benzene rings is 1. The molecule has 0 heterocycles. The van der Waals surface area contributed by atoms with Gasteiger partial charge in [0, 0.05) is 13.7 Å². The lowest BCUT2D eigenvalue weighted by Crippen LogP contribution is -2.38. The number of carbonyl (C=O) groups is 1. The van der Waals surface area contributed by atoms with E-state index in [4.69, 9.17) is 15.1 Å². The zero-order valence-corrected chi connectivity index (χ0v) is 12.3. The lowest BCUT2D eigenvalue weighted by Gasteiger charge is -2.20. The predicted molar refractivity (Wildman–Crippen MR) is 74.9 cm³/mol. The number of carboxylic acids is 1. The number of aliphatic carboxylic acids is 1. The van der Waals surface area contributed by atoms with Gasteiger partial charge in [0.1, 0.15) is 6.54 Å². The molecule has 1 aromatic carbocycles. The summed E-state index contributed by atoms with van der Waals surface area (Å²) in [6.07, 6.45) is 0. The Morgan fingerprint density at radius 3 is 2.67 bits per heavy atom. The highest BCUT2D eigenvalue weighted by atomic mass is 32.2. The zero-order chi connectivity index (χ0) is 15.9. The third-order valence-corrected chi connectivity index (χ3v) is 4.50. The number of methoxy groups -OCH3 is 1. The number of hydrogen-bond donors (Lipinski definition) is 1. The van der Waals surface area contributed by atoms with Gasteiger partial charge in [-0.05, 0) is 11.6 Å². The van der Waals surface area contributed by atoms with Gasteiger partial charge >= 0.3 is 5.97 Å². The highest BCUT2D eigenvalue weighted by Crippen LogP contribution is 2.14. The molecule has 0 amide bonds. The molecule has 0 atom stereocenters. The standard InChI is InChI=1S/C13H16N2O5S/c1-20-7-6-15(9-13(16)17)21(18,19)10-12-5-3-2-4-11(12)8-14/h2-5H,6-7,9-10H2,1H3,(H,16,17). The van der Waals surface area contributed by atoms with Gasteiger partial charge in [-0.3, -0.25) is 4.79 Å². The number of sulfonamides is 1. The number of nitrogens with zero attached hydrogens (tertiary/aromatic N) is 2. The molecular formula is C13H16N2O5S. The predicted octanol–water partition coefficient (Wildman–Crippen LogP) is 0.421. The van der Waals surface area contributed by atoms with Gasteiger partial charge in [0.05, 0.1) is 24.0 Å². The molecule has 0 radical (unpaired) electrons. The molecule has 0 saturated heterocycles. The molecule has 0 aliphatic carbocycles. The van der Waals surface area contributed by atoms with Crippen molar-refractivity contribution in [3.8, 4) is 6.07 Å². The Labute approximate surface area is 123 Å². The van der Waals surface area contributed by atoms with E-state index in [9.17, 15) is 13.2 Å². The summed E-state index contributed by atoms with van der Waals surface area (Å²) in [4.78, 5) is 10.8. The summed E-state index contributed by atoms with van der Waals surface area (Å²) in [6, 6.07) is 8.23. The van der Waals surface area contributed by atoms with E-state index >= 15 is 0 Å². The number of nitriles is 1. The van der Waals surface area contributed by atoms with Crippen LogP contribution in [0.5, 0.6) is 0 Å². The maximum absolute atomic E-state index is 12.3. The molecule has 21 heavy (non-hydrogen) atoms. The van der Waals surface area contributed by atoms with Crippen LogP contribution >= 0.6 is 0 Å². The Balaban J connectivity index is 3.00. The van der Waals surface area contributed by atoms with Gasteiger partial charge in [-0.1, -0.05) is 18.2 Å². The molecule has 114 valence electrons. The quantitative estimate of drug-likeness (QED) is 0.745. The molecule has 0 saturated carbocycles. The number of carboxylic acid groups (broad SMARTS) is 1. The van der Waals surface area contributed by atoms with Crippen LogP contribution in [0.2, 0.25) is 0 Å². The maximum atomic E-state index is 12.3. The highest BCUT2D eigenvalue weighted by molar-refractivity contribution is 7.88. The second-order valence-corrected chi connectivity index (χ2v) is 6.21. The van der Waals surface area contributed by atoms with E-state index in [1.165, 1.54) is 19.2 Å². The average Bonchev–Trinajstić information content (AvgIpc) is 2.43. The minimum absolute atomic E-state index is 0.0557. The van der Waals surface area contributed by atoms with Crippen LogP contribution in [0.1, 0.15) is 11.1 Å². The molecule has 7 nitrogen and oxygen atoms in total. The highest BCUT2D eigenvalue weighted by Gasteiger charge is 2.25. The van der Waals surface area contributed by atoms with Gasteiger partial charge in [0.25, 0.3) is 0 Å². The first kappa shape index (κ1) is 17.1. The van der Waals surface area contributed by atoms with Crippen molar-refractivity contribution < 1.29 is 23.1 Å². The van der Waals surface area contributed by atoms with Crippen LogP contribution in [0.3, 0.4) is 0 Å². The summed E-state index contributed by atoms with van der Waals surface area (Å²) in [6.45, 7) is -0.604. The fraction of sp³-hybridized carbons (Fsp3) is 0.385. The molecule has 0 aliphatic heterocycles. The molecule has 0 fully saturated rings. The van der Waals surface area contributed by atoms with Crippen LogP contribution in [-0.4, -0.2) is 50.6 Å². The molecule has 0 aliphatic rings. The minimum atomic E-state index is -3.85. The Morgan fingerprint density at radius 1 is 1.43 bits per heavy atom. The molecule has 0 unspecified atom stereocenters. The van der Waals surface area contributed by atoms with Crippen LogP contribution in [-0.2, 0) is 25.3 Å². The summed E-state index contributed by atoms with van der Waals surface area (Å²) < 4.78 is 30.2. The van der Waals surface area contributed by atoms with Crippen LogP contribution in [0.15, 0.2) is 24.3 Å². The number of hydrogen-bond acceptors (Lipinski definition) is 5. The zero-order valence-electron chi connectivity index (χ0n) is 11.5. The first-order valence-electron chi connectivity index (χ1n) is 6.07. The molecule has 8 heteroatoms. The van der Waals surface area contributed by atoms with E-state index in [2.05, 4.69) is 0 Å². The largest absolute Gasteiger partial charge is 0.480 e. The third-order valence-electron chi connectivity index (χ3n) is 2.73. The molecule has 0 bridgehead atoms. The molecule has 0 spiro atoms. The average molecular weight is 312 g/mol. The van der Waals surface area contributed by atoms with Crippen molar-refractivity contribution in [2.24, 2.45) is 0 Å². The van der Waals surface area contributed by atoms with Gasteiger partial charge in [-0.25, -0.2) is 8.42 Å². The van der Waals surface area contributed by atoms with E-state index in [1.54, 1.807) is 12.1 Å². The number of rotatable bonds is 8. The van der Waals surface area contributed by atoms with E-state index in [-0.39, 0.29) is 18.7 Å². The maximum Gasteiger partial charge on any atom is 0.318 e. The second-order valence-electron chi connectivity index (χ2n) is 4.25. The normalized spacial score (nSPS) is 11.3. The van der Waals surface area contributed by atoms with E-state index in [0.29, 0.717) is 5.56 Å². The van der Waals surface area contributed by atoms with Crippen LogP contribution in [0.25, 0.3) is 0 Å². The fourth-order valence-electron chi connectivity index (χ4n) is 1.70. The molecule has 1 N–H and O–H groups in total. The molecule has 1 aromatic rings. The van der Waals surface area contributed by atoms with Crippen LogP contribution in [0, 0.1) is 11.3 Å². The Morgan fingerprint density at radius 2 is 2.10 bits per heavy atom. The Kier molecular flexibility index (Phi) is 6.30. The Bertz CT molecular complexity index is 636. The van der Waals surface area contributed by atoms with E-state index < -0.39 is 28.3 Å². The van der Waals surface area contributed by atoms with Crippen molar-refractivity contribution >= 4 is 16.0 Å². The van der Waals surface area contributed by atoms with Crippen molar-refractivity contribution in [3.63, 3.8) is 0 Å². The number of ether oxygens (including phenoxy) is 1. The summed E-state index contributed by atoms with van der Waals surface area (Å²) in [5.74, 6) is -1.67. The first-order valence-corrected chi connectivity index (χ1v) is 7.68. The topological polar surface area (TPSA) is 108 Å². The van der Waals surface area contributed by atoms with Crippen LogP contribution < -0.4 is 0 Å². The van der Waals surface area contributed by atoms with Gasteiger partial charge < -0.3 is 9.84 Å². The fourth-order valence-corrected chi connectivity index (χ4v) is 3.19.